The van der Waals surface area contributed by atoms with Crippen LogP contribution in [0.1, 0.15) is 27.4 Å². The highest BCUT2D eigenvalue weighted by Crippen LogP contribution is 2.24. The fourth-order valence-electron chi connectivity index (χ4n) is 3.45. The molecule has 0 saturated carbocycles. The summed E-state index contributed by atoms with van der Waals surface area (Å²) in [7, 11) is 1.95. The number of nitrogens with zero attached hydrogens (tertiary/aromatic N) is 4. The molecule has 3 aromatic rings. The number of aromatic nitrogens is 2. The summed E-state index contributed by atoms with van der Waals surface area (Å²) in [5.41, 5.74) is 4.00. The number of carbonyl (C=O) groups is 1. The van der Waals surface area contributed by atoms with Crippen LogP contribution in [-0.2, 0) is 13.0 Å². The van der Waals surface area contributed by atoms with Crippen LogP contribution >= 0.6 is 0 Å². The number of para-hydroxylation sites is 1. The fraction of sp³-hybridized carbons (Fsp3) is 0.227. The molecule has 136 valence electrons. The van der Waals surface area contributed by atoms with Crippen molar-refractivity contribution in [2.45, 2.75) is 19.9 Å². The third-order valence-corrected chi connectivity index (χ3v) is 4.95. The summed E-state index contributed by atoms with van der Waals surface area (Å²) in [6, 6.07) is 20.1. The molecule has 0 unspecified atom stereocenters. The van der Waals surface area contributed by atoms with Gasteiger partial charge in [0.2, 0.25) is 0 Å². The van der Waals surface area contributed by atoms with Gasteiger partial charge in [-0.05, 0) is 36.6 Å². The van der Waals surface area contributed by atoms with E-state index in [1.807, 2.05) is 60.2 Å². The van der Waals surface area contributed by atoms with Gasteiger partial charge in [-0.2, -0.15) is 0 Å². The number of carbonyl (C=O) groups excluding carboxylic acids is 1. The Morgan fingerprint density at radius 1 is 1.00 bits per heavy atom. The number of rotatable bonds is 3. The standard InChI is InChI=1S/C22H22N4O/c1-16-23-20(14-21(24-16)25(2)19-10-4-3-5-11-19)22(27)26-13-12-17-8-6-7-9-18(17)15-26/h3-11,14H,12-13,15H2,1-2H3. The van der Waals surface area contributed by atoms with Gasteiger partial charge in [0.25, 0.3) is 5.91 Å². The molecule has 5 heteroatoms. The summed E-state index contributed by atoms with van der Waals surface area (Å²) in [6.45, 7) is 3.16. The predicted molar refractivity (Wildman–Crippen MR) is 106 cm³/mol. The number of anilines is 2. The molecule has 2 aromatic carbocycles. The molecule has 2 heterocycles. The van der Waals surface area contributed by atoms with Gasteiger partial charge in [0.05, 0.1) is 0 Å². The second kappa shape index (κ2) is 7.19. The van der Waals surface area contributed by atoms with E-state index >= 15 is 0 Å². The average Bonchev–Trinajstić information content (AvgIpc) is 2.72. The zero-order chi connectivity index (χ0) is 18.8. The van der Waals surface area contributed by atoms with E-state index in [1.165, 1.54) is 11.1 Å². The quantitative estimate of drug-likeness (QED) is 0.715. The molecular formula is C22H22N4O. The predicted octanol–water partition coefficient (Wildman–Crippen LogP) is 3.75. The number of benzene rings is 2. The zero-order valence-electron chi connectivity index (χ0n) is 15.6. The largest absolute Gasteiger partial charge is 0.333 e. The minimum absolute atomic E-state index is 0.0438. The first-order valence-electron chi connectivity index (χ1n) is 9.12. The maximum atomic E-state index is 13.1. The number of hydrogen-bond donors (Lipinski definition) is 0. The average molecular weight is 358 g/mol. The van der Waals surface area contributed by atoms with Gasteiger partial charge in [-0.25, -0.2) is 9.97 Å². The van der Waals surface area contributed by atoms with Crippen molar-refractivity contribution in [3.05, 3.63) is 83.3 Å². The first-order valence-corrected chi connectivity index (χ1v) is 9.12. The normalized spacial score (nSPS) is 13.2. The van der Waals surface area contributed by atoms with E-state index in [4.69, 9.17) is 0 Å². The van der Waals surface area contributed by atoms with Crippen LogP contribution in [0.3, 0.4) is 0 Å². The highest BCUT2D eigenvalue weighted by molar-refractivity contribution is 5.93. The van der Waals surface area contributed by atoms with Crippen LogP contribution in [0.15, 0.2) is 60.7 Å². The summed E-state index contributed by atoms with van der Waals surface area (Å²) in [6.07, 6.45) is 0.878. The molecule has 1 aliphatic rings. The lowest BCUT2D eigenvalue weighted by atomic mass is 10.00. The van der Waals surface area contributed by atoms with Crippen molar-refractivity contribution in [2.24, 2.45) is 0 Å². The third-order valence-electron chi connectivity index (χ3n) is 4.95. The molecule has 0 fully saturated rings. The third kappa shape index (κ3) is 3.53. The maximum absolute atomic E-state index is 13.1. The van der Waals surface area contributed by atoms with Crippen LogP contribution in [-0.4, -0.2) is 34.4 Å². The number of hydrogen-bond acceptors (Lipinski definition) is 4. The van der Waals surface area contributed by atoms with Gasteiger partial charge >= 0.3 is 0 Å². The summed E-state index contributed by atoms with van der Waals surface area (Å²) < 4.78 is 0. The van der Waals surface area contributed by atoms with E-state index in [2.05, 4.69) is 28.2 Å². The van der Waals surface area contributed by atoms with Crippen molar-refractivity contribution in [1.82, 2.24) is 14.9 Å². The number of amides is 1. The Morgan fingerprint density at radius 2 is 1.70 bits per heavy atom. The Bertz CT molecular complexity index is 971. The van der Waals surface area contributed by atoms with Crippen LogP contribution in [0.2, 0.25) is 0 Å². The van der Waals surface area contributed by atoms with Gasteiger partial charge in [0.1, 0.15) is 17.3 Å². The van der Waals surface area contributed by atoms with Gasteiger partial charge in [-0.15, -0.1) is 0 Å². The second-order valence-electron chi connectivity index (χ2n) is 6.80. The Kier molecular flexibility index (Phi) is 4.59. The van der Waals surface area contributed by atoms with E-state index in [0.717, 1.165) is 17.9 Å². The lowest BCUT2D eigenvalue weighted by Crippen LogP contribution is -2.36. The lowest BCUT2D eigenvalue weighted by Gasteiger charge is -2.29. The van der Waals surface area contributed by atoms with Crippen molar-refractivity contribution < 1.29 is 4.79 Å². The van der Waals surface area contributed by atoms with Crippen molar-refractivity contribution in [3.63, 3.8) is 0 Å². The van der Waals surface area contributed by atoms with Crippen LogP contribution in [0.4, 0.5) is 11.5 Å². The van der Waals surface area contributed by atoms with Crippen LogP contribution in [0.25, 0.3) is 0 Å². The maximum Gasteiger partial charge on any atom is 0.272 e. The molecule has 4 rings (SSSR count). The molecule has 1 aliphatic heterocycles. The molecule has 0 spiro atoms. The first-order chi connectivity index (χ1) is 13.1. The first kappa shape index (κ1) is 17.2. The molecule has 0 radical (unpaired) electrons. The zero-order valence-corrected chi connectivity index (χ0v) is 15.6. The molecule has 0 aliphatic carbocycles. The summed E-state index contributed by atoms with van der Waals surface area (Å²) in [4.78, 5) is 25.9. The minimum Gasteiger partial charge on any atom is -0.333 e. The Balaban J connectivity index is 1.61. The molecule has 1 amide bonds. The van der Waals surface area contributed by atoms with Crippen molar-refractivity contribution in [1.29, 1.82) is 0 Å². The van der Waals surface area contributed by atoms with Gasteiger partial charge in [-0.1, -0.05) is 42.5 Å². The van der Waals surface area contributed by atoms with E-state index in [-0.39, 0.29) is 5.91 Å². The van der Waals surface area contributed by atoms with E-state index < -0.39 is 0 Å². The topological polar surface area (TPSA) is 49.3 Å². The van der Waals surface area contributed by atoms with Crippen molar-refractivity contribution in [3.8, 4) is 0 Å². The van der Waals surface area contributed by atoms with Crippen molar-refractivity contribution in [2.75, 3.05) is 18.5 Å². The van der Waals surface area contributed by atoms with Gasteiger partial charge in [-0.3, -0.25) is 4.79 Å². The van der Waals surface area contributed by atoms with E-state index in [9.17, 15) is 4.79 Å². The molecule has 5 nitrogen and oxygen atoms in total. The fourth-order valence-corrected chi connectivity index (χ4v) is 3.45. The number of aryl methyl sites for hydroxylation is 1. The van der Waals surface area contributed by atoms with Crippen LogP contribution < -0.4 is 4.90 Å². The summed E-state index contributed by atoms with van der Waals surface area (Å²) in [5.74, 6) is 1.27. The Labute approximate surface area is 159 Å². The Morgan fingerprint density at radius 3 is 2.48 bits per heavy atom. The van der Waals surface area contributed by atoms with Crippen LogP contribution in [0.5, 0.6) is 0 Å². The molecule has 1 aromatic heterocycles. The lowest BCUT2D eigenvalue weighted by molar-refractivity contribution is 0.0728. The molecule has 0 bridgehead atoms. The highest BCUT2D eigenvalue weighted by atomic mass is 16.2. The Hall–Kier alpha value is -3.21. The van der Waals surface area contributed by atoms with Gasteiger partial charge < -0.3 is 9.80 Å². The smallest absolute Gasteiger partial charge is 0.272 e. The van der Waals surface area contributed by atoms with Crippen molar-refractivity contribution >= 4 is 17.4 Å². The molecule has 0 atom stereocenters. The molecule has 0 N–H and O–H groups in total. The molecular weight excluding hydrogens is 336 g/mol. The van der Waals surface area contributed by atoms with E-state index in [0.29, 0.717) is 24.6 Å². The SMILES string of the molecule is Cc1nc(C(=O)N2CCc3ccccc3C2)cc(N(C)c2ccccc2)n1. The van der Waals surface area contributed by atoms with E-state index in [1.54, 1.807) is 6.07 Å². The minimum atomic E-state index is -0.0438. The van der Waals surface area contributed by atoms with Crippen LogP contribution in [0, 0.1) is 6.92 Å². The number of fused-ring (bicyclic) bond motifs is 1. The summed E-state index contributed by atoms with van der Waals surface area (Å²) in [5, 5.41) is 0. The molecule has 0 saturated heterocycles. The second-order valence-corrected chi connectivity index (χ2v) is 6.80. The monoisotopic (exact) mass is 358 g/mol. The van der Waals surface area contributed by atoms with Gasteiger partial charge in [0, 0.05) is 31.9 Å². The summed E-state index contributed by atoms with van der Waals surface area (Å²) >= 11 is 0. The highest BCUT2D eigenvalue weighted by Gasteiger charge is 2.23. The van der Waals surface area contributed by atoms with Gasteiger partial charge in [0.15, 0.2) is 0 Å². The molecule has 27 heavy (non-hydrogen) atoms.